The van der Waals surface area contributed by atoms with E-state index in [9.17, 15) is 9.59 Å². The monoisotopic (exact) mass is 389 g/mol. The van der Waals surface area contributed by atoms with Crippen LogP contribution in [0.3, 0.4) is 0 Å². The van der Waals surface area contributed by atoms with Crippen LogP contribution in [0.15, 0.2) is 65.1 Å². The largest absolute Gasteiger partial charge is 0.495 e. The molecule has 0 radical (unpaired) electrons. The van der Waals surface area contributed by atoms with E-state index in [2.05, 4.69) is 10.6 Å². The van der Waals surface area contributed by atoms with Crippen molar-refractivity contribution in [2.75, 3.05) is 24.3 Å². The molecular weight excluding hydrogens is 370 g/mol. The van der Waals surface area contributed by atoms with Gasteiger partial charge in [0.15, 0.2) is 0 Å². The zero-order chi connectivity index (χ0) is 20.4. The summed E-state index contributed by atoms with van der Waals surface area (Å²) in [6.45, 7) is 0.0274. The molecule has 1 aromatic heterocycles. The molecule has 4 aromatic rings. The second-order valence-electron chi connectivity index (χ2n) is 6.49. The summed E-state index contributed by atoms with van der Waals surface area (Å²) in [6, 6.07) is 17.9. The number of ether oxygens (including phenoxy) is 1. The average Bonchev–Trinajstić information content (AvgIpc) is 3.09. The predicted molar refractivity (Wildman–Crippen MR) is 112 cm³/mol. The van der Waals surface area contributed by atoms with Gasteiger partial charge in [0.25, 0.3) is 0 Å². The maximum atomic E-state index is 12.3. The van der Waals surface area contributed by atoms with Gasteiger partial charge in [-0.2, -0.15) is 0 Å². The Bertz CT molecular complexity index is 1210. The third kappa shape index (κ3) is 3.70. The first-order chi connectivity index (χ1) is 14.0. The Morgan fingerprint density at radius 1 is 1.00 bits per heavy atom. The summed E-state index contributed by atoms with van der Waals surface area (Å²) in [5.74, 6) is -0.149. The number of nitrogens with one attached hydrogen (secondary N) is 2. The molecule has 0 fully saturated rings. The molecule has 4 rings (SSSR count). The number of methoxy groups -OCH3 is 1. The van der Waals surface area contributed by atoms with Crippen molar-refractivity contribution < 1.29 is 18.7 Å². The van der Waals surface area contributed by atoms with E-state index in [1.807, 2.05) is 36.4 Å². The molecule has 0 atom stereocenters. The van der Waals surface area contributed by atoms with Crippen LogP contribution in [0.4, 0.5) is 11.4 Å². The van der Waals surface area contributed by atoms with E-state index >= 15 is 0 Å². The number of hydrogen-bond donors (Lipinski definition) is 3. The molecule has 146 valence electrons. The number of primary amides is 1. The fraction of sp³-hybridized carbons (Fsp3) is 0.0909. The van der Waals surface area contributed by atoms with Crippen molar-refractivity contribution in [3.63, 3.8) is 0 Å². The number of carbonyl (C=O) groups is 2. The third-order valence-electron chi connectivity index (χ3n) is 4.59. The molecule has 0 saturated carbocycles. The summed E-state index contributed by atoms with van der Waals surface area (Å²) in [7, 11) is 1.58. The van der Waals surface area contributed by atoms with Crippen molar-refractivity contribution in [1.29, 1.82) is 0 Å². The van der Waals surface area contributed by atoms with Gasteiger partial charge in [-0.1, -0.05) is 18.2 Å². The number of hydrogen-bond acceptors (Lipinski definition) is 5. The zero-order valence-corrected chi connectivity index (χ0v) is 15.7. The number of carbonyl (C=O) groups excluding carboxylic acids is 2. The van der Waals surface area contributed by atoms with E-state index in [0.717, 1.165) is 16.4 Å². The highest BCUT2D eigenvalue weighted by Crippen LogP contribution is 2.36. The number of nitrogens with two attached hydrogens (primary N) is 1. The minimum Gasteiger partial charge on any atom is -0.495 e. The Labute approximate surface area is 166 Å². The van der Waals surface area contributed by atoms with Crippen molar-refractivity contribution in [3.8, 4) is 5.75 Å². The molecule has 4 N–H and O–H groups in total. The Balaban J connectivity index is 1.50. The first-order valence-corrected chi connectivity index (χ1v) is 8.98. The molecule has 0 aliphatic heterocycles. The van der Waals surface area contributed by atoms with Gasteiger partial charge in [-0.3, -0.25) is 9.59 Å². The molecule has 7 nitrogen and oxygen atoms in total. The summed E-state index contributed by atoms with van der Waals surface area (Å²) in [5, 5.41) is 7.79. The van der Waals surface area contributed by atoms with Crippen molar-refractivity contribution >= 4 is 45.1 Å². The number of rotatable bonds is 6. The van der Waals surface area contributed by atoms with E-state index in [1.165, 1.54) is 0 Å². The van der Waals surface area contributed by atoms with Crippen LogP contribution in [0, 0.1) is 0 Å². The fourth-order valence-corrected chi connectivity index (χ4v) is 3.16. The highest BCUT2D eigenvalue weighted by atomic mass is 16.5. The van der Waals surface area contributed by atoms with Gasteiger partial charge in [0.1, 0.15) is 16.9 Å². The van der Waals surface area contributed by atoms with E-state index in [-0.39, 0.29) is 12.5 Å². The molecule has 0 aliphatic carbocycles. The van der Waals surface area contributed by atoms with E-state index in [4.69, 9.17) is 14.9 Å². The standard InChI is InChI=1S/C22H19N3O4/c1-28-20-10-16-15-4-2-3-5-18(15)29-19(16)11-17(20)24-12-21(26)25-14-8-6-13(7-9-14)22(23)27/h2-11,24H,12H2,1H3,(H2,23,27)(H,25,26). The summed E-state index contributed by atoms with van der Waals surface area (Å²) < 4.78 is 11.4. The Hall–Kier alpha value is -4.00. The van der Waals surface area contributed by atoms with Gasteiger partial charge >= 0.3 is 0 Å². The third-order valence-corrected chi connectivity index (χ3v) is 4.59. The van der Waals surface area contributed by atoms with E-state index in [1.54, 1.807) is 31.4 Å². The Kier molecular flexibility index (Phi) is 4.78. The molecular formula is C22H19N3O4. The van der Waals surface area contributed by atoms with Crippen LogP contribution in [-0.2, 0) is 4.79 Å². The van der Waals surface area contributed by atoms with Gasteiger partial charge in [-0.25, -0.2) is 0 Å². The lowest BCUT2D eigenvalue weighted by atomic mass is 10.1. The molecule has 0 saturated heterocycles. The quantitative estimate of drug-likeness (QED) is 0.466. The van der Waals surface area contributed by atoms with Gasteiger partial charge in [0.05, 0.1) is 19.3 Å². The van der Waals surface area contributed by atoms with Crippen LogP contribution in [-0.4, -0.2) is 25.5 Å². The predicted octanol–water partition coefficient (Wildman–Crippen LogP) is 3.74. The van der Waals surface area contributed by atoms with Crippen LogP contribution < -0.4 is 21.1 Å². The van der Waals surface area contributed by atoms with Crippen LogP contribution in [0.25, 0.3) is 21.9 Å². The number of para-hydroxylation sites is 1. The van der Waals surface area contributed by atoms with Gasteiger partial charge in [-0.15, -0.1) is 0 Å². The van der Waals surface area contributed by atoms with Crippen LogP contribution >= 0.6 is 0 Å². The number of benzene rings is 3. The van der Waals surface area contributed by atoms with Crippen LogP contribution in [0.2, 0.25) is 0 Å². The van der Waals surface area contributed by atoms with Gasteiger partial charge in [-0.05, 0) is 36.4 Å². The highest BCUT2D eigenvalue weighted by Gasteiger charge is 2.13. The van der Waals surface area contributed by atoms with Gasteiger partial charge in [0, 0.05) is 28.1 Å². The molecule has 3 aromatic carbocycles. The highest BCUT2D eigenvalue weighted by molar-refractivity contribution is 6.07. The molecule has 0 unspecified atom stereocenters. The minimum atomic E-state index is -0.516. The maximum Gasteiger partial charge on any atom is 0.248 e. The summed E-state index contributed by atoms with van der Waals surface area (Å²) >= 11 is 0. The normalized spacial score (nSPS) is 10.8. The smallest absolute Gasteiger partial charge is 0.248 e. The molecule has 0 bridgehead atoms. The Morgan fingerprint density at radius 2 is 1.76 bits per heavy atom. The van der Waals surface area contributed by atoms with E-state index < -0.39 is 5.91 Å². The van der Waals surface area contributed by atoms with Crippen molar-refractivity contribution in [2.24, 2.45) is 5.73 Å². The molecule has 7 heteroatoms. The number of anilines is 2. The van der Waals surface area contributed by atoms with Gasteiger partial charge < -0.3 is 25.5 Å². The molecule has 0 spiro atoms. The maximum absolute atomic E-state index is 12.3. The van der Waals surface area contributed by atoms with Crippen molar-refractivity contribution in [1.82, 2.24) is 0 Å². The van der Waals surface area contributed by atoms with E-state index in [0.29, 0.717) is 28.3 Å². The topological polar surface area (TPSA) is 107 Å². The summed E-state index contributed by atoms with van der Waals surface area (Å²) in [5.41, 5.74) is 8.31. The summed E-state index contributed by atoms with van der Waals surface area (Å²) in [4.78, 5) is 23.4. The molecule has 0 aliphatic rings. The second-order valence-corrected chi connectivity index (χ2v) is 6.49. The summed E-state index contributed by atoms with van der Waals surface area (Å²) in [6.07, 6.45) is 0. The zero-order valence-electron chi connectivity index (χ0n) is 15.7. The molecule has 1 heterocycles. The molecule has 2 amide bonds. The van der Waals surface area contributed by atoms with Crippen molar-refractivity contribution in [3.05, 3.63) is 66.2 Å². The lowest BCUT2D eigenvalue weighted by Crippen LogP contribution is -2.22. The number of furan rings is 1. The fourth-order valence-electron chi connectivity index (χ4n) is 3.16. The lowest BCUT2D eigenvalue weighted by Gasteiger charge is -2.11. The molecule has 29 heavy (non-hydrogen) atoms. The average molecular weight is 389 g/mol. The van der Waals surface area contributed by atoms with Gasteiger partial charge in [0.2, 0.25) is 11.8 Å². The van der Waals surface area contributed by atoms with Crippen LogP contribution in [0.1, 0.15) is 10.4 Å². The minimum absolute atomic E-state index is 0.0274. The number of fused-ring (bicyclic) bond motifs is 3. The second kappa shape index (κ2) is 7.55. The van der Waals surface area contributed by atoms with Crippen molar-refractivity contribution in [2.45, 2.75) is 0 Å². The first-order valence-electron chi connectivity index (χ1n) is 8.98. The number of amides is 2. The van der Waals surface area contributed by atoms with Crippen LogP contribution in [0.5, 0.6) is 5.75 Å². The SMILES string of the molecule is COc1cc2c(cc1NCC(=O)Nc1ccc(C(N)=O)cc1)oc1ccccc12. The Morgan fingerprint density at radius 3 is 2.48 bits per heavy atom. The first kappa shape index (κ1) is 18.4. The lowest BCUT2D eigenvalue weighted by molar-refractivity contribution is -0.114.